The first-order valence-electron chi connectivity index (χ1n) is 7.97. The Hall–Kier alpha value is -2.95. The maximum absolute atomic E-state index is 12.6. The summed E-state index contributed by atoms with van der Waals surface area (Å²) in [5.74, 6) is 0.269. The van der Waals surface area contributed by atoms with Crippen LogP contribution in [0.3, 0.4) is 0 Å². The van der Waals surface area contributed by atoms with Gasteiger partial charge in [-0.2, -0.15) is 10.3 Å². The fraction of sp³-hybridized carbons (Fsp3) is 0.500. The van der Waals surface area contributed by atoms with Crippen molar-refractivity contribution in [3.8, 4) is 11.8 Å². The van der Waals surface area contributed by atoms with Gasteiger partial charge in [0.05, 0.1) is 18.7 Å². The van der Waals surface area contributed by atoms with Crippen LogP contribution in [0.15, 0.2) is 18.2 Å². The van der Waals surface area contributed by atoms with Crippen molar-refractivity contribution in [3.05, 3.63) is 23.8 Å². The SMILES string of the molecule is COc1ccc(C#N)cc1N(NC(=O)OC(C)(C)C)C(=O)OC(C)(C)C. The largest absolute Gasteiger partial charge is 0.494 e. The van der Waals surface area contributed by atoms with Gasteiger partial charge in [-0.3, -0.25) is 0 Å². The van der Waals surface area contributed by atoms with Crippen molar-refractivity contribution in [1.29, 1.82) is 5.26 Å². The van der Waals surface area contributed by atoms with Gasteiger partial charge in [0.2, 0.25) is 0 Å². The number of amides is 2. The van der Waals surface area contributed by atoms with Crippen molar-refractivity contribution >= 4 is 17.9 Å². The van der Waals surface area contributed by atoms with Gasteiger partial charge in [-0.1, -0.05) is 0 Å². The number of hydrazine groups is 1. The molecule has 8 heteroatoms. The summed E-state index contributed by atoms with van der Waals surface area (Å²) < 4.78 is 15.8. The molecule has 0 unspecified atom stereocenters. The Balaban J connectivity index is 3.30. The zero-order valence-corrected chi connectivity index (χ0v) is 16.2. The number of nitriles is 1. The van der Waals surface area contributed by atoms with Crippen LogP contribution in [0.1, 0.15) is 47.1 Å². The minimum atomic E-state index is -0.854. The highest BCUT2D eigenvalue weighted by Gasteiger charge is 2.29. The summed E-state index contributed by atoms with van der Waals surface area (Å²) >= 11 is 0. The van der Waals surface area contributed by atoms with Crippen molar-refractivity contribution in [3.63, 3.8) is 0 Å². The predicted octanol–water partition coefficient (Wildman–Crippen LogP) is 3.75. The summed E-state index contributed by atoms with van der Waals surface area (Å²) in [4.78, 5) is 24.8. The molecule has 0 saturated carbocycles. The second-order valence-corrected chi connectivity index (χ2v) is 7.43. The summed E-state index contributed by atoms with van der Waals surface area (Å²) in [6.45, 7) is 10.2. The van der Waals surface area contributed by atoms with E-state index in [4.69, 9.17) is 19.5 Å². The van der Waals surface area contributed by atoms with E-state index < -0.39 is 23.4 Å². The molecule has 0 atom stereocenters. The number of anilines is 1. The minimum absolute atomic E-state index is 0.145. The van der Waals surface area contributed by atoms with E-state index >= 15 is 0 Å². The van der Waals surface area contributed by atoms with E-state index in [1.54, 1.807) is 41.5 Å². The molecule has 26 heavy (non-hydrogen) atoms. The van der Waals surface area contributed by atoms with Crippen molar-refractivity contribution in [2.24, 2.45) is 0 Å². The van der Waals surface area contributed by atoms with Gasteiger partial charge in [-0.25, -0.2) is 15.0 Å². The highest BCUT2D eigenvalue weighted by atomic mass is 16.6. The lowest BCUT2D eigenvalue weighted by atomic mass is 10.2. The van der Waals surface area contributed by atoms with Gasteiger partial charge in [0.1, 0.15) is 22.6 Å². The number of benzene rings is 1. The number of nitrogens with zero attached hydrogens (tertiary/aromatic N) is 2. The molecule has 0 aliphatic rings. The van der Waals surface area contributed by atoms with Crippen LogP contribution in [0.4, 0.5) is 15.3 Å². The maximum atomic E-state index is 12.6. The average Bonchev–Trinajstić information content (AvgIpc) is 2.48. The fourth-order valence-corrected chi connectivity index (χ4v) is 1.84. The van der Waals surface area contributed by atoms with Gasteiger partial charge in [-0.15, -0.1) is 0 Å². The zero-order valence-electron chi connectivity index (χ0n) is 16.2. The number of hydrogen-bond acceptors (Lipinski definition) is 6. The summed E-state index contributed by atoms with van der Waals surface area (Å²) in [6, 6.07) is 6.42. The first kappa shape index (κ1) is 21.1. The molecule has 0 aromatic heterocycles. The Kier molecular flexibility index (Phi) is 6.45. The number of methoxy groups -OCH3 is 1. The number of nitrogens with one attached hydrogen (secondary N) is 1. The lowest BCUT2D eigenvalue weighted by molar-refractivity contribution is 0.0424. The third-order valence-electron chi connectivity index (χ3n) is 2.73. The van der Waals surface area contributed by atoms with Crippen molar-refractivity contribution in [2.45, 2.75) is 52.7 Å². The average molecular weight is 363 g/mol. The van der Waals surface area contributed by atoms with Crippen LogP contribution in [-0.4, -0.2) is 30.5 Å². The van der Waals surface area contributed by atoms with Crippen LogP contribution in [0.5, 0.6) is 5.75 Å². The molecular formula is C18H25N3O5. The molecule has 0 aliphatic carbocycles. The number of rotatable bonds is 2. The quantitative estimate of drug-likeness (QED) is 0.803. The van der Waals surface area contributed by atoms with Crippen LogP contribution in [0, 0.1) is 11.3 Å². The highest BCUT2D eigenvalue weighted by Crippen LogP contribution is 2.29. The first-order chi connectivity index (χ1) is 11.9. The van der Waals surface area contributed by atoms with Gasteiger partial charge < -0.3 is 14.2 Å². The second-order valence-electron chi connectivity index (χ2n) is 7.43. The molecule has 1 aromatic carbocycles. The molecule has 0 radical (unpaired) electrons. The minimum Gasteiger partial charge on any atom is -0.494 e. The molecule has 0 fully saturated rings. The van der Waals surface area contributed by atoms with Gasteiger partial charge in [-0.05, 0) is 59.7 Å². The molecule has 2 amide bonds. The second kappa shape index (κ2) is 7.95. The molecule has 1 rings (SSSR count). The van der Waals surface area contributed by atoms with Crippen molar-refractivity contribution in [1.82, 2.24) is 5.43 Å². The zero-order chi connectivity index (χ0) is 20.1. The molecule has 0 heterocycles. The Bertz CT molecular complexity index is 711. The van der Waals surface area contributed by atoms with E-state index in [2.05, 4.69) is 5.43 Å². The third kappa shape index (κ3) is 6.51. The molecule has 1 aromatic rings. The van der Waals surface area contributed by atoms with Crippen LogP contribution < -0.4 is 15.2 Å². The summed E-state index contributed by atoms with van der Waals surface area (Å²) in [6.07, 6.45) is -1.70. The van der Waals surface area contributed by atoms with E-state index in [9.17, 15) is 9.59 Å². The summed E-state index contributed by atoms with van der Waals surface area (Å²) in [5.41, 5.74) is 1.21. The number of carbonyl (C=O) groups excluding carboxylic acids is 2. The normalized spacial score (nSPS) is 11.2. The van der Waals surface area contributed by atoms with Crippen LogP contribution in [-0.2, 0) is 9.47 Å². The van der Waals surface area contributed by atoms with Crippen LogP contribution in [0.2, 0.25) is 0 Å². The van der Waals surface area contributed by atoms with E-state index in [0.717, 1.165) is 5.01 Å². The Morgan fingerprint density at radius 2 is 1.65 bits per heavy atom. The van der Waals surface area contributed by atoms with Gasteiger partial charge in [0.15, 0.2) is 0 Å². The van der Waals surface area contributed by atoms with Gasteiger partial charge >= 0.3 is 12.2 Å². The number of carbonyl (C=O) groups is 2. The predicted molar refractivity (Wildman–Crippen MR) is 95.8 cm³/mol. The summed E-state index contributed by atoms with van der Waals surface area (Å²) in [5, 5.41) is 9.99. The monoisotopic (exact) mass is 363 g/mol. The van der Waals surface area contributed by atoms with Crippen LogP contribution in [0.25, 0.3) is 0 Å². The van der Waals surface area contributed by atoms with Crippen molar-refractivity contribution < 1.29 is 23.8 Å². The molecule has 0 spiro atoms. The topological polar surface area (TPSA) is 101 Å². The Labute approximate surface area is 153 Å². The molecule has 1 N–H and O–H groups in total. The maximum Gasteiger partial charge on any atom is 0.434 e. The molecule has 8 nitrogen and oxygen atoms in total. The Morgan fingerprint density at radius 1 is 1.08 bits per heavy atom. The first-order valence-corrected chi connectivity index (χ1v) is 7.97. The standard InChI is InChI=1S/C18H25N3O5/c1-17(2,3)25-15(22)20-21(16(23)26-18(4,5)6)13-10-12(11-19)8-9-14(13)24-7/h8-10H,1-7H3,(H,20,22). The van der Waals surface area contributed by atoms with E-state index in [1.165, 1.54) is 25.3 Å². The number of ether oxygens (including phenoxy) is 3. The third-order valence-corrected chi connectivity index (χ3v) is 2.73. The van der Waals surface area contributed by atoms with E-state index in [-0.39, 0.29) is 17.0 Å². The van der Waals surface area contributed by atoms with Gasteiger partial charge in [0.25, 0.3) is 0 Å². The lowest BCUT2D eigenvalue weighted by Gasteiger charge is -2.29. The van der Waals surface area contributed by atoms with E-state index in [1.807, 2.05) is 6.07 Å². The smallest absolute Gasteiger partial charge is 0.434 e. The van der Waals surface area contributed by atoms with Crippen LogP contribution >= 0.6 is 0 Å². The lowest BCUT2D eigenvalue weighted by Crippen LogP contribution is -2.50. The summed E-state index contributed by atoms with van der Waals surface area (Å²) in [7, 11) is 1.41. The molecular weight excluding hydrogens is 338 g/mol. The highest BCUT2D eigenvalue weighted by molar-refractivity contribution is 5.92. The molecule has 0 bridgehead atoms. The number of hydrogen-bond donors (Lipinski definition) is 1. The Morgan fingerprint density at radius 3 is 2.12 bits per heavy atom. The van der Waals surface area contributed by atoms with Crippen molar-refractivity contribution in [2.75, 3.05) is 12.1 Å². The van der Waals surface area contributed by atoms with E-state index in [0.29, 0.717) is 0 Å². The molecule has 0 aliphatic heterocycles. The fourth-order valence-electron chi connectivity index (χ4n) is 1.84. The molecule has 142 valence electrons. The molecule has 0 saturated heterocycles. The van der Waals surface area contributed by atoms with Gasteiger partial charge in [0, 0.05) is 0 Å².